The first-order chi connectivity index (χ1) is 10.9. The van der Waals surface area contributed by atoms with Gasteiger partial charge in [-0.1, -0.05) is 18.2 Å². The summed E-state index contributed by atoms with van der Waals surface area (Å²) in [5.41, 5.74) is 1.43. The van der Waals surface area contributed by atoms with Gasteiger partial charge in [0, 0.05) is 13.0 Å². The summed E-state index contributed by atoms with van der Waals surface area (Å²) in [6, 6.07) is 10.7. The van der Waals surface area contributed by atoms with Gasteiger partial charge >= 0.3 is 0 Å². The van der Waals surface area contributed by atoms with E-state index in [-0.39, 0.29) is 25.4 Å². The summed E-state index contributed by atoms with van der Waals surface area (Å²) in [6.45, 7) is 2.22. The Morgan fingerprint density at radius 2 is 1.96 bits per heavy atom. The Balaban J connectivity index is 1.99. The number of nitrogens with zero attached hydrogens (tertiary/aromatic N) is 1. The van der Waals surface area contributed by atoms with Crippen molar-refractivity contribution in [1.29, 1.82) is 0 Å². The fourth-order valence-corrected chi connectivity index (χ4v) is 3.18. The molecule has 1 heterocycles. The minimum atomic E-state index is -3.46. The van der Waals surface area contributed by atoms with Crippen LogP contribution in [0.1, 0.15) is 17.7 Å². The molecular formula is C16H20N2O4S. The minimum absolute atomic E-state index is 0.0715. The van der Waals surface area contributed by atoms with Crippen LogP contribution in [0, 0.1) is 6.92 Å². The van der Waals surface area contributed by atoms with Crippen molar-refractivity contribution in [2.45, 2.75) is 19.9 Å². The minimum Gasteiger partial charge on any atom is -0.467 e. The van der Waals surface area contributed by atoms with E-state index in [0.717, 1.165) is 11.8 Å². The zero-order valence-electron chi connectivity index (χ0n) is 13.2. The predicted octanol–water partition coefficient (Wildman–Crippen LogP) is 2.06. The summed E-state index contributed by atoms with van der Waals surface area (Å²) < 4.78 is 30.4. The van der Waals surface area contributed by atoms with Crippen LogP contribution >= 0.6 is 0 Å². The molecule has 124 valence electrons. The number of amides is 1. The number of carbonyl (C=O) groups is 1. The van der Waals surface area contributed by atoms with Gasteiger partial charge in [-0.05, 0) is 30.7 Å². The third-order valence-electron chi connectivity index (χ3n) is 3.37. The first-order valence-electron chi connectivity index (χ1n) is 7.20. The van der Waals surface area contributed by atoms with E-state index in [1.54, 1.807) is 24.3 Å². The van der Waals surface area contributed by atoms with E-state index in [9.17, 15) is 13.2 Å². The first-order valence-corrected chi connectivity index (χ1v) is 9.05. The SMILES string of the molecule is Cc1ccccc1N(CCC(=O)NCc1ccco1)S(C)(=O)=O. The molecule has 0 atom stereocenters. The molecule has 0 bridgehead atoms. The summed E-state index contributed by atoms with van der Waals surface area (Å²) in [4.78, 5) is 11.9. The smallest absolute Gasteiger partial charge is 0.232 e. The Morgan fingerprint density at radius 3 is 2.57 bits per heavy atom. The number of hydrogen-bond acceptors (Lipinski definition) is 4. The number of carbonyl (C=O) groups excluding carboxylic acids is 1. The summed E-state index contributed by atoms with van der Waals surface area (Å²) in [7, 11) is -3.46. The van der Waals surface area contributed by atoms with E-state index in [0.29, 0.717) is 11.4 Å². The Labute approximate surface area is 136 Å². The van der Waals surface area contributed by atoms with E-state index >= 15 is 0 Å². The van der Waals surface area contributed by atoms with E-state index in [1.165, 1.54) is 10.6 Å². The van der Waals surface area contributed by atoms with Crippen LogP contribution in [0.4, 0.5) is 5.69 Å². The number of sulfonamides is 1. The standard InChI is InChI=1S/C16H20N2O4S/c1-13-6-3-4-8-15(13)18(23(2,20)21)10-9-16(19)17-12-14-7-5-11-22-14/h3-8,11H,9-10,12H2,1-2H3,(H,17,19). The average Bonchev–Trinajstić information content (AvgIpc) is 2.99. The van der Waals surface area contributed by atoms with Crippen molar-refractivity contribution in [2.75, 3.05) is 17.1 Å². The number of nitrogens with one attached hydrogen (secondary N) is 1. The third-order valence-corrected chi connectivity index (χ3v) is 4.55. The van der Waals surface area contributed by atoms with E-state index in [4.69, 9.17) is 4.42 Å². The fraction of sp³-hybridized carbons (Fsp3) is 0.312. The largest absolute Gasteiger partial charge is 0.467 e. The summed E-state index contributed by atoms with van der Waals surface area (Å²) >= 11 is 0. The number of para-hydroxylation sites is 1. The van der Waals surface area contributed by atoms with Gasteiger partial charge < -0.3 is 9.73 Å². The van der Waals surface area contributed by atoms with E-state index < -0.39 is 10.0 Å². The van der Waals surface area contributed by atoms with Crippen LogP contribution in [0.2, 0.25) is 0 Å². The molecule has 0 aliphatic carbocycles. The Morgan fingerprint density at radius 1 is 1.22 bits per heavy atom. The predicted molar refractivity (Wildman–Crippen MR) is 88.5 cm³/mol. The van der Waals surface area contributed by atoms with Gasteiger partial charge in [-0.25, -0.2) is 8.42 Å². The number of furan rings is 1. The first kappa shape index (κ1) is 17.1. The zero-order chi connectivity index (χ0) is 16.9. The summed E-state index contributed by atoms with van der Waals surface area (Å²) in [6.07, 6.45) is 2.74. The molecule has 1 N–H and O–H groups in total. The normalized spacial score (nSPS) is 11.2. The maximum Gasteiger partial charge on any atom is 0.232 e. The van der Waals surface area contributed by atoms with Crippen LogP contribution in [0.25, 0.3) is 0 Å². The topological polar surface area (TPSA) is 79.6 Å². The van der Waals surface area contributed by atoms with Crippen molar-refractivity contribution in [3.05, 3.63) is 54.0 Å². The van der Waals surface area contributed by atoms with Crippen molar-refractivity contribution in [3.63, 3.8) is 0 Å². The highest BCUT2D eigenvalue weighted by Gasteiger charge is 2.19. The molecule has 1 aromatic heterocycles. The molecule has 0 aliphatic heterocycles. The monoisotopic (exact) mass is 336 g/mol. The molecule has 2 aromatic rings. The number of anilines is 1. The molecule has 0 unspecified atom stereocenters. The van der Waals surface area contributed by atoms with Gasteiger partial charge in [0.25, 0.3) is 0 Å². The second-order valence-corrected chi connectivity index (χ2v) is 7.13. The lowest BCUT2D eigenvalue weighted by atomic mass is 10.2. The number of aryl methyl sites for hydroxylation is 1. The molecule has 1 aromatic carbocycles. The van der Waals surface area contributed by atoms with Crippen LogP contribution in [-0.4, -0.2) is 27.1 Å². The second kappa shape index (κ2) is 7.32. The van der Waals surface area contributed by atoms with Gasteiger partial charge in [-0.3, -0.25) is 9.10 Å². The molecule has 0 spiro atoms. The molecule has 23 heavy (non-hydrogen) atoms. The molecule has 0 radical (unpaired) electrons. The quantitative estimate of drug-likeness (QED) is 0.839. The van der Waals surface area contributed by atoms with Gasteiger partial charge in [0.2, 0.25) is 15.9 Å². The highest BCUT2D eigenvalue weighted by molar-refractivity contribution is 7.92. The van der Waals surface area contributed by atoms with Crippen molar-refractivity contribution in [1.82, 2.24) is 5.32 Å². The molecule has 0 saturated carbocycles. The number of benzene rings is 1. The van der Waals surface area contributed by atoms with Crippen LogP contribution in [-0.2, 0) is 21.4 Å². The molecule has 7 heteroatoms. The number of rotatable bonds is 7. The van der Waals surface area contributed by atoms with E-state index in [1.807, 2.05) is 19.1 Å². The third kappa shape index (κ3) is 4.85. The molecule has 2 rings (SSSR count). The summed E-state index contributed by atoms with van der Waals surface area (Å²) in [5, 5.41) is 2.70. The molecule has 0 fully saturated rings. The molecule has 0 saturated heterocycles. The lowest BCUT2D eigenvalue weighted by molar-refractivity contribution is -0.121. The highest BCUT2D eigenvalue weighted by atomic mass is 32.2. The van der Waals surface area contributed by atoms with Crippen molar-refractivity contribution in [2.24, 2.45) is 0 Å². The van der Waals surface area contributed by atoms with Crippen LogP contribution in [0.3, 0.4) is 0 Å². The molecule has 1 amide bonds. The molecule has 6 nitrogen and oxygen atoms in total. The number of hydrogen-bond donors (Lipinski definition) is 1. The highest BCUT2D eigenvalue weighted by Crippen LogP contribution is 2.22. The van der Waals surface area contributed by atoms with Gasteiger partial charge in [-0.2, -0.15) is 0 Å². The van der Waals surface area contributed by atoms with Crippen molar-refractivity contribution < 1.29 is 17.6 Å². The maximum absolute atomic E-state index is 12.0. The van der Waals surface area contributed by atoms with Crippen molar-refractivity contribution in [3.8, 4) is 0 Å². The zero-order valence-corrected chi connectivity index (χ0v) is 14.0. The molecular weight excluding hydrogens is 316 g/mol. The van der Waals surface area contributed by atoms with E-state index in [2.05, 4.69) is 5.32 Å². The van der Waals surface area contributed by atoms with Crippen LogP contribution < -0.4 is 9.62 Å². The van der Waals surface area contributed by atoms with Gasteiger partial charge in [-0.15, -0.1) is 0 Å². The Hall–Kier alpha value is -2.28. The fourth-order valence-electron chi connectivity index (χ4n) is 2.20. The molecule has 0 aliphatic rings. The van der Waals surface area contributed by atoms with Crippen LogP contribution in [0.15, 0.2) is 47.1 Å². The van der Waals surface area contributed by atoms with Gasteiger partial charge in [0.1, 0.15) is 5.76 Å². The van der Waals surface area contributed by atoms with Crippen LogP contribution in [0.5, 0.6) is 0 Å². The lowest BCUT2D eigenvalue weighted by Gasteiger charge is -2.23. The van der Waals surface area contributed by atoms with Gasteiger partial charge in [0.15, 0.2) is 0 Å². The maximum atomic E-state index is 12.0. The Bertz CT molecular complexity index is 754. The Kier molecular flexibility index (Phi) is 5.44. The lowest BCUT2D eigenvalue weighted by Crippen LogP contribution is -2.34. The van der Waals surface area contributed by atoms with Gasteiger partial charge in [0.05, 0.1) is 24.8 Å². The average molecular weight is 336 g/mol. The van der Waals surface area contributed by atoms with Crippen molar-refractivity contribution >= 4 is 21.6 Å². The second-order valence-electron chi connectivity index (χ2n) is 5.23. The summed E-state index contributed by atoms with van der Waals surface area (Å²) in [5.74, 6) is 0.417.